The molecule has 0 aliphatic carbocycles. The summed E-state index contributed by atoms with van der Waals surface area (Å²) in [6.07, 6.45) is 2.08. The predicted octanol–water partition coefficient (Wildman–Crippen LogP) is 3.97. The van der Waals surface area contributed by atoms with E-state index in [0.717, 1.165) is 33.8 Å². The highest BCUT2D eigenvalue weighted by atomic mass is 16.7. The molecule has 5 nitrogen and oxygen atoms in total. The van der Waals surface area contributed by atoms with E-state index in [9.17, 15) is 4.79 Å². The van der Waals surface area contributed by atoms with Crippen LogP contribution < -0.4 is 14.8 Å². The molecule has 2 aromatic carbocycles. The number of aryl methyl sites for hydroxylation is 1. The van der Waals surface area contributed by atoms with Gasteiger partial charge in [0.2, 0.25) is 12.7 Å². The second-order valence-corrected chi connectivity index (χ2v) is 6.18. The molecule has 0 spiro atoms. The summed E-state index contributed by atoms with van der Waals surface area (Å²) in [4.78, 5) is 16.5. The molecule has 1 aliphatic rings. The molecule has 0 unspecified atom stereocenters. The summed E-state index contributed by atoms with van der Waals surface area (Å²) >= 11 is 0. The van der Waals surface area contributed by atoms with Crippen LogP contribution in [-0.2, 0) is 11.2 Å². The van der Waals surface area contributed by atoms with Crippen LogP contribution in [-0.4, -0.2) is 17.7 Å². The van der Waals surface area contributed by atoms with Crippen molar-refractivity contribution in [2.24, 2.45) is 0 Å². The maximum absolute atomic E-state index is 12.3. The average molecular weight is 346 g/mol. The van der Waals surface area contributed by atoms with E-state index in [2.05, 4.69) is 10.3 Å². The van der Waals surface area contributed by atoms with Crippen molar-refractivity contribution >= 4 is 11.6 Å². The summed E-state index contributed by atoms with van der Waals surface area (Å²) in [7, 11) is 0. The van der Waals surface area contributed by atoms with Gasteiger partial charge in [-0.25, -0.2) is 0 Å². The van der Waals surface area contributed by atoms with Crippen molar-refractivity contribution in [3.63, 3.8) is 0 Å². The molecule has 130 valence electrons. The van der Waals surface area contributed by atoms with Gasteiger partial charge in [0.15, 0.2) is 11.5 Å². The first-order valence-electron chi connectivity index (χ1n) is 8.39. The quantitative estimate of drug-likeness (QED) is 0.777. The van der Waals surface area contributed by atoms with Crippen molar-refractivity contribution in [2.45, 2.75) is 13.3 Å². The summed E-state index contributed by atoms with van der Waals surface area (Å²) in [6.45, 7) is 2.20. The summed E-state index contributed by atoms with van der Waals surface area (Å²) < 4.78 is 10.6. The number of hydrogen-bond donors (Lipinski definition) is 1. The number of ether oxygens (including phenoxy) is 2. The highest BCUT2D eigenvalue weighted by molar-refractivity contribution is 5.92. The Morgan fingerprint density at radius 3 is 2.62 bits per heavy atom. The van der Waals surface area contributed by atoms with Crippen LogP contribution in [0.5, 0.6) is 11.5 Å². The summed E-state index contributed by atoms with van der Waals surface area (Å²) in [5.74, 6) is 1.33. The standard InChI is InChI=1S/C21H18N2O3/c1-14-10-17(8-9-22-14)16-3-5-18(6-4-16)23-21(24)12-15-2-7-19-20(11-15)26-13-25-19/h2-11H,12-13H2,1H3,(H,23,24). The van der Waals surface area contributed by atoms with Crippen molar-refractivity contribution in [1.29, 1.82) is 0 Å². The van der Waals surface area contributed by atoms with Crippen LogP contribution >= 0.6 is 0 Å². The Hall–Kier alpha value is -3.34. The van der Waals surface area contributed by atoms with E-state index in [4.69, 9.17) is 9.47 Å². The van der Waals surface area contributed by atoms with Crippen LogP contribution in [0.3, 0.4) is 0 Å². The SMILES string of the molecule is Cc1cc(-c2ccc(NC(=O)Cc3ccc4c(c3)OCO4)cc2)ccn1. The van der Waals surface area contributed by atoms with E-state index in [1.54, 1.807) is 6.20 Å². The highest BCUT2D eigenvalue weighted by Gasteiger charge is 2.14. The number of hydrogen-bond acceptors (Lipinski definition) is 4. The zero-order valence-electron chi connectivity index (χ0n) is 14.4. The van der Waals surface area contributed by atoms with E-state index in [-0.39, 0.29) is 19.1 Å². The maximum Gasteiger partial charge on any atom is 0.231 e. The monoisotopic (exact) mass is 346 g/mol. The molecule has 1 N–H and O–H groups in total. The lowest BCUT2D eigenvalue weighted by atomic mass is 10.1. The van der Waals surface area contributed by atoms with E-state index in [0.29, 0.717) is 5.75 Å². The summed E-state index contributed by atoms with van der Waals surface area (Å²) in [5.41, 5.74) is 4.82. The van der Waals surface area contributed by atoms with Gasteiger partial charge in [0.25, 0.3) is 0 Å². The fourth-order valence-electron chi connectivity index (χ4n) is 2.91. The van der Waals surface area contributed by atoms with Gasteiger partial charge < -0.3 is 14.8 Å². The number of carbonyl (C=O) groups excluding carboxylic acids is 1. The Bertz CT molecular complexity index is 952. The summed E-state index contributed by atoms with van der Waals surface area (Å²) in [6, 6.07) is 17.4. The van der Waals surface area contributed by atoms with Crippen LogP contribution in [0.1, 0.15) is 11.3 Å². The van der Waals surface area contributed by atoms with Crippen LogP contribution in [0.15, 0.2) is 60.8 Å². The minimum absolute atomic E-state index is 0.0728. The van der Waals surface area contributed by atoms with Gasteiger partial charge in [0.1, 0.15) is 0 Å². The van der Waals surface area contributed by atoms with Crippen molar-refractivity contribution < 1.29 is 14.3 Å². The van der Waals surface area contributed by atoms with Gasteiger partial charge in [0.05, 0.1) is 6.42 Å². The molecular formula is C21H18N2O3. The second kappa shape index (κ2) is 6.88. The molecule has 0 bridgehead atoms. The van der Waals surface area contributed by atoms with Gasteiger partial charge in [-0.3, -0.25) is 9.78 Å². The molecule has 1 amide bonds. The fourth-order valence-corrected chi connectivity index (χ4v) is 2.91. The Morgan fingerprint density at radius 1 is 1.00 bits per heavy atom. The molecule has 0 fully saturated rings. The van der Waals surface area contributed by atoms with Crippen LogP contribution in [0.4, 0.5) is 5.69 Å². The molecule has 4 rings (SSSR count). The number of rotatable bonds is 4. The zero-order valence-corrected chi connectivity index (χ0v) is 14.4. The maximum atomic E-state index is 12.3. The topological polar surface area (TPSA) is 60.5 Å². The third-order valence-corrected chi connectivity index (χ3v) is 4.20. The predicted molar refractivity (Wildman–Crippen MR) is 99.3 cm³/mol. The number of nitrogens with zero attached hydrogens (tertiary/aromatic N) is 1. The molecule has 3 aromatic rings. The lowest BCUT2D eigenvalue weighted by molar-refractivity contribution is -0.115. The summed E-state index contributed by atoms with van der Waals surface area (Å²) in [5, 5.41) is 2.92. The first kappa shape index (κ1) is 16.1. The normalized spacial score (nSPS) is 12.0. The van der Waals surface area contributed by atoms with Gasteiger partial charge in [0, 0.05) is 17.6 Å². The number of nitrogens with one attached hydrogen (secondary N) is 1. The largest absolute Gasteiger partial charge is 0.454 e. The van der Waals surface area contributed by atoms with Crippen LogP contribution in [0, 0.1) is 6.92 Å². The van der Waals surface area contributed by atoms with Crippen molar-refractivity contribution in [3.8, 4) is 22.6 Å². The zero-order chi connectivity index (χ0) is 17.9. The molecular weight excluding hydrogens is 328 g/mol. The van der Waals surface area contributed by atoms with E-state index in [1.165, 1.54) is 0 Å². The fraction of sp³-hybridized carbons (Fsp3) is 0.143. The molecule has 2 heterocycles. The van der Waals surface area contributed by atoms with Crippen molar-refractivity contribution in [2.75, 3.05) is 12.1 Å². The lowest BCUT2D eigenvalue weighted by Crippen LogP contribution is -2.14. The third kappa shape index (κ3) is 3.52. The Kier molecular flexibility index (Phi) is 4.27. The van der Waals surface area contributed by atoms with Gasteiger partial charge in [-0.2, -0.15) is 0 Å². The Labute approximate surface area is 151 Å². The molecule has 1 aromatic heterocycles. The minimum atomic E-state index is -0.0728. The molecule has 5 heteroatoms. The Balaban J connectivity index is 1.41. The molecule has 0 saturated heterocycles. The minimum Gasteiger partial charge on any atom is -0.454 e. The molecule has 0 radical (unpaired) electrons. The number of carbonyl (C=O) groups is 1. The number of pyridine rings is 1. The number of aromatic nitrogens is 1. The number of fused-ring (bicyclic) bond motifs is 1. The van der Waals surface area contributed by atoms with Crippen LogP contribution in [0.2, 0.25) is 0 Å². The van der Waals surface area contributed by atoms with E-state index >= 15 is 0 Å². The highest BCUT2D eigenvalue weighted by Crippen LogP contribution is 2.32. The number of anilines is 1. The smallest absolute Gasteiger partial charge is 0.231 e. The van der Waals surface area contributed by atoms with Gasteiger partial charge in [-0.1, -0.05) is 18.2 Å². The Morgan fingerprint density at radius 2 is 1.81 bits per heavy atom. The van der Waals surface area contributed by atoms with Crippen molar-refractivity contribution in [3.05, 3.63) is 72.1 Å². The van der Waals surface area contributed by atoms with Gasteiger partial charge >= 0.3 is 0 Å². The average Bonchev–Trinajstić information content (AvgIpc) is 3.10. The molecule has 1 aliphatic heterocycles. The van der Waals surface area contributed by atoms with Gasteiger partial charge in [-0.05, 0) is 60.0 Å². The lowest BCUT2D eigenvalue weighted by Gasteiger charge is -2.08. The number of amides is 1. The van der Waals surface area contributed by atoms with Crippen LogP contribution in [0.25, 0.3) is 11.1 Å². The molecule has 26 heavy (non-hydrogen) atoms. The van der Waals surface area contributed by atoms with Gasteiger partial charge in [-0.15, -0.1) is 0 Å². The first-order valence-corrected chi connectivity index (χ1v) is 8.39. The van der Waals surface area contributed by atoms with Crippen molar-refractivity contribution in [1.82, 2.24) is 4.98 Å². The molecule has 0 saturated carbocycles. The van der Waals surface area contributed by atoms with E-state index in [1.807, 2.05) is 61.5 Å². The third-order valence-electron chi connectivity index (χ3n) is 4.20. The molecule has 0 atom stereocenters. The van der Waals surface area contributed by atoms with E-state index < -0.39 is 0 Å². The number of benzene rings is 2. The second-order valence-electron chi connectivity index (χ2n) is 6.18. The first-order chi connectivity index (χ1) is 12.7.